The van der Waals surface area contributed by atoms with Gasteiger partial charge in [0.25, 0.3) is 5.91 Å². The average Bonchev–Trinajstić information content (AvgIpc) is 3.43. The van der Waals surface area contributed by atoms with Crippen LogP contribution in [-0.4, -0.2) is 25.8 Å². The molecule has 8 nitrogen and oxygen atoms in total. The van der Waals surface area contributed by atoms with Gasteiger partial charge in [0.05, 0.1) is 16.6 Å². The van der Waals surface area contributed by atoms with Crippen molar-refractivity contribution < 1.29 is 22.7 Å². The maximum atomic E-state index is 13.2. The van der Waals surface area contributed by atoms with Gasteiger partial charge >= 0.3 is 6.18 Å². The van der Waals surface area contributed by atoms with Crippen LogP contribution in [-0.2, 0) is 12.7 Å². The summed E-state index contributed by atoms with van der Waals surface area (Å²) in [6, 6.07) is 13.4. The predicted molar refractivity (Wildman–Crippen MR) is 131 cm³/mol. The summed E-state index contributed by atoms with van der Waals surface area (Å²) in [6.07, 6.45) is 1.70. The van der Waals surface area contributed by atoms with Crippen LogP contribution in [0.25, 0.3) is 22.4 Å². The van der Waals surface area contributed by atoms with Crippen molar-refractivity contribution in [2.45, 2.75) is 12.7 Å². The number of nitrogens with one attached hydrogen (secondary N) is 2. The largest absolute Gasteiger partial charge is 0.457 e. The number of nitrogens with two attached hydrogens (primary N) is 1. The highest BCUT2D eigenvalue weighted by Gasteiger charge is 2.31. The van der Waals surface area contributed by atoms with Gasteiger partial charge in [0, 0.05) is 48.5 Å². The van der Waals surface area contributed by atoms with Crippen molar-refractivity contribution in [3.63, 3.8) is 0 Å². The summed E-state index contributed by atoms with van der Waals surface area (Å²) in [5, 5.41) is 3.11. The van der Waals surface area contributed by atoms with E-state index in [1.165, 1.54) is 12.3 Å². The highest BCUT2D eigenvalue weighted by molar-refractivity contribution is 6.06. The summed E-state index contributed by atoms with van der Waals surface area (Å²) in [6.45, 7) is -0.104. The fourth-order valence-electron chi connectivity index (χ4n) is 3.69. The van der Waals surface area contributed by atoms with E-state index in [0.29, 0.717) is 33.9 Å². The number of halogens is 3. The van der Waals surface area contributed by atoms with Gasteiger partial charge in [-0.2, -0.15) is 13.2 Å². The van der Waals surface area contributed by atoms with E-state index in [4.69, 9.17) is 10.5 Å². The number of carbonyl (C=O) groups excluding carboxylic acids is 1. The molecule has 0 unspecified atom stereocenters. The zero-order chi connectivity index (χ0) is 26.0. The first kappa shape index (κ1) is 23.9. The smallest absolute Gasteiger partial charge is 0.416 e. The number of carbonyl (C=O) groups is 1. The molecule has 0 bridgehead atoms. The third-order valence-electron chi connectivity index (χ3n) is 5.44. The van der Waals surface area contributed by atoms with E-state index in [0.717, 1.165) is 12.1 Å². The minimum absolute atomic E-state index is 0.0116. The molecule has 2 aromatic carbocycles. The third kappa shape index (κ3) is 5.41. The Labute approximate surface area is 208 Å². The molecule has 37 heavy (non-hydrogen) atoms. The Morgan fingerprint density at radius 3 is 2.57 bits per heavy atom. The Bertz CT molecular complexity index is 1590. The van der Waals surface area contributed by atoms with Crippen molar-refractivity contribution >= 4 is 22.5 Å². The van der Waals surface area contributed by atoms with Crippen molar-refractivity contribution in [1.82, 2.24) is 19.9 Å². The van der Waals surface area contributed by atoms with Gasteiger partial charge in [0.1, 0.15) is 17.2 Å². The van der Waals surface area contributed by atoms with Crippen LogP contribution in [0, 0.1) is 0 Å². The highest BCUT2D eigenvalue weighted by atomic mass is 19.4. The Morgan fingerprint density at radius 1 is 0.973 bits per heavy atom. The van der Waals surface area contributed by atoms with Gasteiger partial charge in [-0.3, -0.25) is 14.8 Å². The third-order valence-corrected chi connectivity index (χ3v) is 5.44. The second kappa shape index (κ2) is 9.70. The Hall–Kier alpha value is -4.77. The average molecular weight is 504 g/mol. The van der Waals surface area contributed by atoms with E-state index < -0.39 is 17.6 Å². The lowest BCUT2D eigenvalue weighted by Crippen LogP contribution is -2.14. The number of alkyl halides is 3. The molecule has 0 aliphatic heterocycles. The number of anilines is 1. The molecule has 0 spiro atoms. The molecule has 3 aromatic heterocycles. The van der Waals surface area contributed by atoms with E-state index >= 15 is 0 Å². The minimum atomic E-state index is -4.57. The zero-order valence-corrected chi connectivity index (χ0v) is 19.1. The summed E-state index contributed by atoms with van der Waals surface area (Å²) >= 11 is 0. The van der Waals surface area contributed by atoms with Crippen molar-refractivity contribution in [1.29, 1.82) is 0 Å². The fraction of sp³-hybridized carbons (Fsp3) is 0.0769. The van der Waals surface area contributed by atoms with Crippen LogP contribution >= 0.6 is 0 Å². The van der Waals surface area contributed by atoms with Crippen LogP contribution < -0.4 is 15.8 Å². The topological polar surface area (TPSA) is 119 Å². The van der Waals surface area contributed by atoms with Crippen LogP contribution in [0.4, 0.5) is 18.9 Å². The number of hydrogen-bond acceptors (Lipinski definition) is 6. The summed E-state index contributed by atoms with van der Waals surface area (Å²) < 4.78 is 45.6. The lowest BCUT2D eigenvalue weighted by Gasteiger charge is -2.13. The van der Waals surface area contributed by atoms with Crippen LogP contribution in [0.15, 0.2) is 79.4 Å². The van der Waals surface area contributed by atoms with Gasteiger partial charge in [-0.1, -0.05) is 0 Å². The SMILES string of the molecule is NCc1cc(NC(=O)c2cnc3ccc(Oc4ccnc(-c5ncc[nH]5)c4)cc3c2)cc(C(F)(F)F)c1. The van der Waals surface area contributed by atoms with Gasteiger partial charge < -0.3 is 20.8 Å². The number of hydrogen-bond donors (Lipinski definition) is 3. The zero-order valence-electron chi connectivity index (χ0n) is 19.1. The van der Waals surface area contributed by atoms with Gasteiger partial charge in [-0.15, -0.1) is 0 Å². The first-order valence-corrected chi connectivity index (χ1v) is 11.0. The molecule has 5 aromatic rings. The van der Waals surface area contributed by atoms with Crippen LogP contribution in [0.1, 0.15) is 21.5 Å². The van der Waals surface area contributed by atoms with Crippen molar-refractivity contribution in [2.24, 2.45) is 5.73 Å². The number of aromatic amines is 1. The molecule has 0 atom stereocenters. The number of imidazole rings is 1. The number of ether oxygens (including phenoxy) is 1. The van der Waals surface area contributed by atoms with Crippen LogP contribution in [0.5, 0.6) is 11.5 Å². The molecular weight excluding hydrogens is 485 g/mol. The Kier molecular flexibility index (Phi) is 6.28. The van der Waals surface area contributed by atoms with Gasteiger partial charge in [0.2, 0.25) is 0 Å². The molecule has 1 amide bonds. The standard InChI is InChI=1S/C26H19F3N6O2/c27-26(28,29)18-7-15(13-30)8-19(11-18)35-25(36)17-9-16-10-20(1-2-22(16)34-14-17)37-21-3-4-31-23(12-21)24-32-5-6-33-24/h1-12,14H,13,30H2,(H,32,33)(H,35,36). The number of benzene rings is 2. The van der Waals surface area contributed by atoms with Crippen LogP contribution in [0.2, 0.25) is 0 Å². The number of fused-ring (bicyclic) bond motifs is 1. The van der Waals surface area contributed by atoms with E-state index in [1.54, 1.807) is 55.0 Å². The van der Waals surface area contributed by atoms with Gasteiger partial charge in [-0.05, 0) is 54.1 Å². The number of H-pyrrole nitrogens is 1. The molecule has 0 aliphatic rings. The molecule has 0 saturated heterocycles. The van der Waals surface area contributed by atoms with E-state index in [2.05, 4.69) is 25.3 Å². The summed E-state index contributed by atoms with van der Waals surface area (Å²) in [5.74, 6) is 1.01. The number of amides is 1. The molecule has 4 N–H and O–H groups in total. The molecule has 0 radical (unpaired) electrons. The predicted octanol–water partition coefficient (Wildman–Crippen LogP) is 5.54. The molecule has 0 saturated carbocycles. The summed E-state index contributed by atoms with van der Waals surface area (Å²) in [7, 11) is 0. The first-order valence-electron chi connectivity index (χ1n) is 11.0. The van der Waals surface area contributed by atoms with E-state index in [9.17, 15) is 18.0 Å². The highest BCUT2D eigenvalue weighted by Crippen LogP contribution is 2.32. The molecular formula is C26H19F3N6O2. The fourth-order valence-corrected chi connectivity index (χ4v) is 3.69. The molecule has 0 aliphatic carbocycles. The van der Waals surface area contributed by atoms with Crippen molar-refractivity contribution in [2.75, 3.05) is 5.32 Å². The molecule has 186 valence electrons. The second-order valence-corrected chi connectivity index (χ2v) is 8.07. The van der Waals surface area contributed by atoms with Gasteiger partial charge in [0.15, 0.2) is 5.82 Å². The maximum absolute atomic E-state index is 13.2. The monoisotopic (exact) mass is 504 g/mol. The molecule has 0 fully saturated rings. The molecule has 11 heteroatoms. The lowest BCUT2D eigenvalue weighted by molar-refractivity contribution is -0.137. The van der Waals surface area contributed by atoms with Crippen molar-refractivity contribution in [3.05, 3.63) is 96.1 Å². The normalized spacial score (nSPS) is 11.5. The first-order chi connectivity index (χ1) is 17.8. The Balaban J connectivity index is 1.38. The maximum Gasteiger partial charge on any atom is 0.416 e. The summed E-state index contributed by atoms with van der Waals surface area (Å²) in [5.41, 5.74) is 6.25. The van der Waals surface area contributed by atoms with E-state index in [-0.39, 0.29) is 23.4 Å². The number of rotatable bonds is 6. The number of pyridine rings is 2. The molecule has 5 rings (SSSR count). The summed E-state index contributed by atoms with van der Waals surface area (Å²) in [4.78, 5) is 28.6. The van der Waals surface area contributed by atoms with E-state index in [1.807, 2.05) is 0 Å². The molecule has 3 heterocycles. The number of aromatic nitrogens is 4. The van der Waals surface area contributed by atoms with Crippen LogP contribution in [0.3, 0.4) is 0 Å². The second-order valence-electron chi connectivity index (χ2n) is 8.07. The van der Waals surface area contributed by atoms with Crippen molar-refractivity contribution in [3.8, 4) is 23.0 Å². The number of nitrogens with zero attached hydrogens (tertiary/aromatic N) is 3. The Morgan fingerprint density at radius 2 is 1.81 bits per heavy atom. The quantitative estimate of drug-likeness (QED) is 0.279. The minimum Gasteiger partial charge on any atom is -0.457 e. The van der Waals surface area contributed by atoms with Gasteiger partial charge in [-0.25, -0.2) is 4.98 Å². The lowest BCUT2D eigenvalue weighted by atomic mass is 10.1.